The number of likely N-dealkylation sites (N-methyl/N-ethyl adjacent to an activating group) is 1. The van der Waals surface area contributed by atoms with E-state index in [0.717, 1.165) is 41.7 Å². The van der Waals surface area contributed by atoms with Crippen LogP contribution in [0.25, 0.3) is 21.5 Å². The summed E-state index contributed by atoms with van der Waals surface area (Å²) >= 11 is 7.91. The van der Waals surface area contributed by atoms with E-state index in [1.54, 1.807) is 12.1 Å². The molecule has 8 nitrogen and oxygen atoms in total. The molecule has 4 aromatic rings. The Balaban J connectivity index is 1.03. The first-order chi connectivity index (χ1) is 21.2. The minimum absolute atomic E-state index is 0.0511. The Labute approximate surface area is 264 Å². The summed E-state index contributed by atoms with van der Waals surface area (Å²) in [6.45, 7) is 0.897. The number of rotatable bonds is 8. The van der Waals surface area contributed by atoms with E-state index in [0.29, 0.717) is 54.9 Å². The van der Waals surface area contributed by atoms with Crippen molar-refractivity contribution in [3.8, 4) is 10.4 Å². The number of fused-ring (bicyclic) bond motifs is 2. The Morgan fingerprint density at radius 1 is 1.16 bits per heavy atom. The number of carbonyl (C=O) groups is 1. The molecule has 44 heavy (non-hydrogen) atoms. The number of hydrogen-bond acceptors (Lipinski definition) is 7. The molecule has 2 atom stereocenters. The second-order valence-electron chi connectivity index (χ2n) is 12.7. The molecule has 0 radical (unpaired) electrons. The van der Waals surface area contributed by atoms with Gasteiger partial charge in [-0.3, -0.25) is 14.2 Å². The number of aromatic nitrogens is 3. The van der Waals surface area contributed by atoms with E-state index in [9.17, 15) is 19.1 Å². The molecule has 1 saturated carbocycles. The SMILES string of the molecule is CNC1Cc2cc(Cl)c(-c3snc4c(=O)n(CC5(O)CCN(C(=O)CC(c6ccc(F)cc6)C6CC6)CC5)cnc34)cc2C1. The molecule has 2 fully saturated rings. The number of halogens is 2. The van der Waals surface area contributed by atoms with Gasteiger partial charge in [-0.25, -0.2) is 9.37 Å². The lowest BCUT2D eigenvalue weighted by Crippen LogP contribution is -2.49. The summed E-state index contributed by atoms with van der Waals surface area (Å²) < 4.78 is 19.4. The number of carbonyl (C=O) groups excluding carboxylic acids is 1. The molecule has 3 heterocycles. The molecule has 7 rings (SSSR count). The zero-order chi connectivity index (χ0) is 30.6. The topological polar surface area (TPSA) is 100 Å². The van der Waals surface area contributed by atoms with Crippen LogP contribution in [0.5, 0.6) is 0 Å². The highest BCUT2D eigenvalue weighted by molar-refractivity contribution is 7.11. The van der Waals surface area contributed by atoms with E-state index in [2.05, 4.69) is 20.7 Å². The monoisotopic (exact) mass is 635 g/mol. The fraction of sp³-hybridized carbons (Fsp3) is 0.455. The van der Waals surface area contributed by atoms with Gasteiger partial charge in [-0.05, 0) is 110 Å². The highest BCUT2D eigenvalue weighted by atomic mass is 35.5. The minimum Gasteiger partial charge on any atom is -0.388 e. The number of nitrogens with one attached hydrogen (secondary N) is 1. The average molecular weight is 636 g/mol. The summed E-state index contributed by atoms with van der Waals surface area (Å²) in [6, 6.07) is 11.0. The maximum absolute atomic E-state index is 13.5. The van der Waals surface area contributed by atoms with Crippen LogP contribution in [0.1, 0.15) is 54.7 Å². The van der Waals surface area contributed by atoms with Crippen molar-refractivity contribution in [2.24, 2.45) is 5.92 Å². The van der Waals surface area contributed by atoms with Crippen LogP contribution in [0.15, 0.2) is 47.5 Å². The van der Waals surface area contributed by atoms with Crippen LogP contribution in [-0.2, 0) is 24.2 Å². The summed E-state index contributed by atoms with van der Waals surface area (Å²) in [6.07, 6.45) is 6.60. The Kier molecular flexibility index (Phi) is 7.81. The highest BCUT2D eigenvalue weighted by Crippen LogP contribution is 2.45. The number of hydrogen-bond donors (Lipinski definition) is 2. The van der Waals surface area contributed by atoms with Crippen molar-refractivity contribution in [1.82, 2.24) is 24.1 Å². The first-order valence-electron chi connectivity index (χ1n) is 15.3. The van der Waals surface area contributed by atoms with Gasteiger partial charge in [0.2, 0.25) is 5.91 Å². The number of nitrogens with zero attached hydrogens (tertiary/aromatic N) is 4. The van der Waals surface area contributed by atoms with Crippen molar-refractivity contribution >= 4 is 40.1 Å². The maximum atomic E-state index is 13.5. The zero-order valence-electron chi connectivity index (χ0n) is 24.6. The van der Waals surface area contributed by atoms with Gasteiger partial charge >= 0.3 is 0 Å². The molecular formula is C33H35ClFN5O3S. The summed E-state index contributed by atoms with van der Waals surface area (Å²) in [4.78, 5) is 33.9. The normalized spacial score (nSPS) is 20.2. The lowest BCUT2D eigenvalue weighted by molar-refractivity contribution is -0.136. The van der Waals surface area contributed by atoms with Crippen LogP contribution in [0.4, 0.5) is 4.39 Å². The molecule has 2 unspecified atom stereocenters. The number of piperidine rings is 1. The molecule has 0 bridgehead atoms. The Morgan fingerprint density at radius 3 is 2.55 bits per heavy atom. The van der Waals surface area contributed by atoms with Crippen LogP contribution in [0.2, 0.25) is 5.02 Å². The van der Waals surface area contributed by atoms with E-state index in [-0.39, 0.29) is 35.3 Å². The lowest BCUT2D eigenvalue weighted by Gasteiger charge is -2.38. The number of benzene rings is 2. The van der Waals surface area contributed by atoms with Gasteiger partial charge in [-0.2, -0.15) is 4.37 Å². The van der Waals surface area contributed by atoms with E-state index >= 15 is 0 Å². The second kappa shape index (κ2) is 11.6. The van der Waals surface area contributed by atoms with Crippen LogP contribution in [0.3, 0.4) is 0 Å². The molecule has 1 amide bonds. The molecule has 1 aliphatic heterocycles. The Hall–Kier alpha value is -3.18. The van der Waals surface area contributed by atoms with Crippen LogP contribution in [0, 0.1) is 11.7 Å². The van der Waals surface area contributed by atoms with Gasteiger partial charge in [-0.1, -0.05) is 23.7 Å². The fourth-order valence-electron chi connectivity index (χ4n) is 6.90. The molecule has 2 aliphatic carbocycles. The van der Waals surface area contributed by atoms with Gasteiger partial charge in [0.15, 0.2) is 5.52 Å². The van der Waals surface area contributed by atoms with Crippen molar-refractivity contribution in [3.63, 3.8) is 0 Å². The summed E-state index contributed by atoms with van der Waals surface area (Å²) in [5, 5.41) is 15.4. The minimum atomic E-state index is -1.14. The summed E-state index contributed by atoms with van der Waals surface area (Å²) in [5.74, 6) is 0.312. The lowest BCUT2D eigenvalue weighted by atomic mass is 9.88. The molecular weight excluding hydrogens is 601 g/mol. The molecule has 230 valence electrons. The summed E-state index contributed by atoms with van der Waals surface area (Å²) in [7, 11) is 1.96. The predicted molar refractivity (Wildman–Crippen MR) is 170 cm³/mol. The number of likely N-dealkylation sites (tertiary alicyclic amines) is 1. The highest BCUT2D eigenvalue weighted by Gasteiger charge is 2.38. The third-order valence-corrected chi connectivity index (χ3v) is 10.9. The van der Waals surface area contributed by atoms with Gasteiger partial charge in [0.25, 0.3) is 5.56 Å². The Bertz CT molecular complexity index is 1780. The van der Waals surface area contributed by atoms with Crippen LogP contribution >= 0.6 is 23.1 Å². The molecule has 2 aromatic heterocycles. The number of amides is 1. The maximum Gasteiger partial charge on any atom is 0.281 e. The van der Waals surface area contributed by atoms with Gasteiger partial charge in [0.05, 0.1) is 23.4 Å². The van der Waals surface area contributed by atoms with Gasteiger partial charge < -0.3 is 15.3 Å². The van der Waals surface area contributed by atoms with Gasteiger partial charge in [-0.15, -0.1) is 0 Å². The smallest absolute Gasteiger partial charge is 0.281 e. The first kappa shape index (κ1) is 29.5. The molecule has 2 aromatic carbocycles. The third kappa shape index (κ3) is 5.69. The largest absolute Gasteiger partial charge is 0.388 e. The van der Waals surface area contributed by atoms with E-state index in [1.165, 1.54) is 45.7 Å². The van der Waals surface area contributed by atoms with E-state index < -0.39 is 5.60 Å². The van der Waals surface area contributed by atoms with Crippen molar-refractivity contribution in [3.05, 3.63) is 80.6 Å². The Morgan fingerprint density at radius 2 is 1.86 bits per heavy atom. The first-order valence-corrected chi connectivity index (χ1v) is 16.5. The molecule has 0 spiro atoms. The zero-order valence-corrected chi connectivity index (χ0v) is 26.1. The van der Waals surface area contributed by atoms with Crippen LogP contribution < -0.4 is 10.9 Å². The van der Waals surface area contributed by atoms with E-state index in [1.807, 2.05) is 18.0 Å². The second-order valence-corrected chi connectivity index (χ2v) is 13.9. The average Bonchev–Trinajstić information content (AvgIpc) is 3.64. The van der Waals surface area contributed by atoms with Gasteiger partial charge in [0.1, 0.15) is 11.3 Å². The van der Waals surface area contributed by atoms with Crippen LogP contribution in [-0.4, -0.2) is 61.6 Å². The summed E-state index contributed by atoms with van der Waals surface area (Å²) in [5.41, 5.74) is 3.64. The molecule has 3 aliphatic rings. The molecule has 2 N–H and O–H groups in total. The predicted octanol–water partition coefficient (Wildman–Crippen LogP) is 4.94. The van der Waals surface area contributed by atoms with E-state index in [4.69, 9.17) is 11.6 Å². The molecule has 11 heteroatoms. The fourth-order valence-corrected chi connectivity index (χ4v) is 8.09. The van der Waals surface area contributed by atoms with Crippen molar-refractivity contribution in [2.45, 2.75) is 69.1 Å². The van der Waals surface area contributed by atoms with Crippen molar-refractivity contribution in [2.75, 3.05) is 20.1 Å². The van der Waals surface area contributed by atoms with Crippen molar-refractivity contribution in [1.29, 1.82) is 0 Å². The van der Waals surface area contributed by atoms with Crippen molar-refractivity contribution < 1.29 is 14.3 Å². The van der Waals surface area contributed by atoms with Gasteiger partial charge in [0, 0.05) is 36.1 Å². The standard InChI is InChI=1S/C33H35ClFN5O3S/c1-36-24-12-21-14-26(27(34)15-22(21)13-24)31-29-30(38-44-31)32(42)40(18-37-29)17-33(43)8-10-39(11-9-33)28(41)16-25(19-2-3-19)20-4-6-23(35)7-5-20/h4-7,14-15,18-19,24-25,36,43H,2-3,8-13,16-17H2,1H3. The third-order valence-electron chi connectivity index (χ3n) is 9.73. The quantitative estimate of drug-likeness (QED) is 0.285. The molecule has 1 saturated heterocycles. The number of aliphatic hydroxyl groups is 1.